The molecule has 0 fully saturated rings. The molecule has 0 radical (unpaired) electrons. The van der Waals surface area contributed by atoms with Crippen LogP contribution in [0.3, 0.4) is 0 Å². The van der Waals surface area contributed by atoms with Crippen molar-refractivity contribution in [3.8, 4) is 48.4 Å². The van der Waals surface area contributed by atoms with Gasteiger partial charge in [-0.15, -0.1) is 24.7 Å². The lowest BCUT2D eigenvalue weighted by atomic mass is 10.1. The molecule has 0 saturated heterocycles. The lowest BCUT2D eigenvalue weighted by molar-refractivity contribution is 0.265. The quantitative estimate of drug-likeness (QED) is 0.158. The molecule has 0 aliphatic heterocycles. The van der Waals surface area contributed by atoms with E-state index >= 15 is 0 Å². The fourth-order valence-corrected chi connectivity index (χ4v) is 2.88. The fourth-order valence-electron chi connectivity index (χ4n) is 2.88. The van der Waals surface area contributed by atoms with E-state index in [2.05, 4.69) is 35.5 Å². The molecule has 4 nitrogen and oxygen atoms in total. The topological polar surface area (TPSA) is 80.9 Å². The smallest absolute Gasteiger partial charge is 0.133 e. The van der Waals surface area contributed by atoms with Gasteiger partial charge in [0.15, 0.2) is 0 Å². The summed E-state index contributed by atoms with van der Waals surface area (Å²) in [5, 5.41) is 38.1. The van der Waals surface area contributed by atoms with E-state index < -0.39 is 24.4 Å². The third kappa shape index (κ3) is 22.5. The van der Waals surface area contributed by atoms with Crippen LogP contribution in [-0.4, -0.2) is 44.8 Å². The molecule has 0 unspecified atom stereocenters. The first-order valence-electron chi connectivity index (χ1n) is 12.1. The molecular formula is C30H40O4. The zero-order valence-electron chi connectivity index (χ0n) is 20.2. The number of unbranched alkanes of at least 4 members (excludes halogenated alkanes) is 10. The number of hydrogen-bond acceptors (Lipinski definition) is 4. The fraction of sp³-hybridized carbons (Fsp3) is 0.533. The molecule has 0 spiro atoms. The number of allylic oxidation sites excluding steroid dienone is 2. The number of rotatable bonds is 16. The third-order valence-corrected chi connectivity index (χ3v) is 4.80. The highest BCUT2D eigenvalue weighted by Crippen LogP contribution is 2.07. The van der Waals surface area contributed by atoms with E-state index in [0.29, 0.717) is 0 Å². The molecule has 4 heteroatoms. The van der Waals surface area contributed by atoms with Crippen molar-refractivity contribution in [1.29, 1.82) is 0 Å². The SMILES string of the molecule is C#C[C@@H](O)/C=C/CCCCCCC#C[C@@H](O)/C=C\[C@H](O)C#CCCCCCC/C=C/[C@H](O)C#C. The highest BCUT2D eigenvalue weighted by atomic mass is 16.3. The zero-order chi connectivity index (χ0) is 25.3. The Hall–Kier alpha value is -2.70. The van der Waals surface area contributed by atoms with E-state index in [4.69, 9.17) is 12.8 Å². The Morgan fingerprint density at radius 2 is 0.882 bits per heavy atom. The van der Waals surface area contributed by atoms with Crippen LogP contribution in [0.25, 0.3) is 0 Å². The highest BCUT2D eigenvalue weighted by molar-refractivity contribution is 5.17. The normalized spacial score (nSPS) is 14.5. The molecule has 4 atom stereocenters. The maximum Gasteiger partial charge on any atom is 0.133 e. The first kappa shape index (κ1) is 31.3. The first-order chi connectivity index (χ1) is 16.5. The van der Waals surface area contributed by atoms with Crippen molar-refractivity contribution in [3.05, 3.63) is 36.5 Å². The van der Waals surface area contributed by atoms with E-state index in [1.807, 2.05) is 12.2 Å². The highest BCUT2D eigenvalue weighted by Gasteiger charge is 1.96. The van der Waals surface area contributed by atoms with Gasteiger partial charge in [-0.3, -0.25) is 0 Å². The number of hydrogen-bond donors (Lipinski definition) is 4. The van der Waals surface area contributed by atoms with Crippen LogP contribution in [0.4, 0.5) is 0 Å². The average Bonchev–Trinajstić information content (AvgIpc) is 2.84. The van der Waals surface area contributed by atoms with Crippen molar-refractivity contribution in [1.82, 2.24) is 0 Å². The van der Waals surface area contributed by atoms with Gasteiger partial charge in [-0.25, -0.2) is 0 Å². The van der Waals surface area contributed by atoms with Crippen LogP contribution in [-0.2, 0) is 0 Å². The van der Waals surface area contributed by atoms with Crippen molar-refractivity contribution in [2.24, 2.45) is 0 Å². The van der Waals surface area contributed by atoms with Crippen molar-refractivity contribution in [2.45, 2.75) is 101 Å². The molecule has 0 saturated carbocycles. The van der Waals surface area contributed by atoms with Gasteiger partial charge in [-0.1, -0.05) is 61.5 Å². The Kier molecular flexibility index (Phi) is 21.6. The van der Waals surface area contributed by atoms with Gasteiger partial charge in [-0.2, -0.15) is 0 Å². The summed E-state index contributed by atoms with van der Waals surface area (Å²) in [6.45, 7) is 0. The molecule has 0 aliphatic rings. The molecule has 0 aromatic carbocycles. The van der Waals surface area contributed by atoms with E-state index in [1.165, 1.54) is 12.2 Å². The second-order valence-electron chi connectivity index (χ2n) is 7.90. The molecule has 34 heavy (non-hydrogen) atoms. The summed E-state index contributed by atoms with van der Waals surface area (Å²) in [6.07, 6.45) is 28.4. The van der Waals surface area contributed by atoms with Crippen LogP contribution in [0, 0.1) is 48.4 Å². The van der Waals surface area contributed by atoms with Crippen LogP contribution in [0.2, 0.25) is 0 Å². The lowest BCUT2D eigenvalue weighted by Gasteiger charge is -1.98. The van der Waals surface area contributed by atoms with Gasteiger partial charge in [0, 0.05) is 12.8 Å². The minimum atomic E-state index is -0.903. The van der Waals surface area contributed by atoms with Gasteiger partial charge >= 0.3 is 0 Å². The Bertz CT molecular complexity index is 733. The Balaban J connectivity index is 3.78. The van der Waals surface area contributed by atoms with Gasteiger partial charge in [0.05, 0.1) is 0 Å². The maximum atomic E-state index is 9.85. The lowest BCUT2D eigenvalue weighted by Crippen LogP contribution is -2.02. The van der Waals surface area contributed by atoms with Crippen molar-refractivity contribution < 1.29 is 20.4 Å². The Morgan fingerprint density at radius 3 is 1.26 bits per heavy atom. The zero-order valence-corrected chi connectivity index (χ0v) is 20.2. The van der Waals surface area contributed by atoms with E-state index in [-0.39, 0.29) is 0 Å². The summed E-state index contributed by atoms with van der Waals surface area (Å²) >= 11 is 0. The monoisotopic (exact) mass is 464 g/mol. The average molecular weight is 465 g/mol. The maximum absolute atomic E-state index is 9.85. The molecule has 4 N–H and O–H groups in total. The minimum Gasteiger partial charge on any atom is -0.377 e. The summed E-state index contributed by atoms with van der Waals surface area (Å²) < 4.78 is 0. The molecule has 0 aliphatic carbocycles. The summed E-state index contributed by atoms with van der Waals surface area (Å²) in [4.78, 5) is 0. The molecule has 0 rings (SSSR count). The van der Waals surface area contributed by atoms with Crippen molar-refractivity contribution in [2.75, 3.05) is 0 Å². The van der Waals surface area contributed by atoms with Gasteiger partial charge in [0.1, 0.15) is 24.4 Å². The predicted octanol–water partition coefficient (Wildman–Crippen LogP) is 4.05. The number of aliphatic hydroxyl groups is 4. The third-order valence-electron chi connectivity index (χ3n) is 4.80. The summed E-state index contributed by atoms with van der Waals surface area (Å²) in [6, 6.07) is 0. The summed E-state index contributed by atoms with van der Waals surface area (Å²) in [7, 11) is 0. The molecule has 0 aromatic rings. The molecule has 184 valence electrons. The summed E-state index contributed by atoms with van der Waals surface area (Å²) in [5.41, 5.74) is 0. The largest absolute Gasteiger partial charge is 0.377 e. The molecule has 0 bridgehead atoms. The van der Waals surface area contributed by atoms with Crippen molar-refractivity contribution in [3.63, 3.8) is 0 Å². The van der Waals surface area contributed by atoms with Crippen LogP contribution >= 0.6 is 0 Å². The molecular weight excluding hydrogens is 424 g/mol. The van der Waals surface area contributed by atoms with Crippen LogP contribution in [0.1, 0.15) is 77.0 Å². The Labute approximate surface area is 206 Å². The van der Waals surface area contributed by atoms with Crippen LogP contribution in [0.15, 0.2) is 36.5 Å². The van der Waals surface area contributed by atoms with Gasteiger partial charge in [0.2, 0.25) is 0 Å². The predicted molar refractivity (Wildman–Crippen MR) is 140 cm³/mol. The van der Waals surface area contributed by atoms with Crippen LogP contribution < -0.4 is 0 Å². The van der Waals surface area contributed by atoms with Gasteiger partial charge in [0.25, 0.3) is 0 Å². The summed E-state index contributed by atoms with van der Waals surface area (Å²) in [5.74, 6) is 15.9. The second-order valence-corrected chi connectivity index (χ2v) is 7.90. The van der Waals surface area contributed by atoms with Gasteiger partial charge < -0.3 is 20.4 Å². The van der Waals surface area contributed by atoms with E-state index in [0.717, 1.165) is 77.0 Å². The minimum absolute atomic E-state index is 0.724. The van der Waals surface area contributed by atoms with Gasteiger partial charge in [-0.05, 0) is 62.8 Å². The van der Waals surface area contributed by atoms with Crippen LogP contribution in [0.5, 0.6) is 0 Å². The number of terminal acetylenes is 2. The van der Waals surface area contributed by atoms with E-state index in [9.17, 15) is 20.4 Å². The molecule has 0 aromatic heterocycles. The second kappa shape index (κ2) is 23.5. The molecule has 0 amide bonds. The Morgan fingerprint density at radius 1 is 0.500 bits per heavy atom. The van der Waals surface area contributed by atoms with Crippen molar-refractivity contribution >= 4 is 0 Å². The van der Waals surface area contributed by atoms with E-state index in [1.54, 1.807) is 12.2 Å². The first-order valence-corrected chi connectivity index (χ1v) is 12.1. The number of aliphatic hydroxyl groups excluding tert-OH is 4. The standard InChI is InChI=1S/C30H40O4/c1-3-27(31)21-17-13-9-5-7-11-15-19-23-29(33)25-26-30(34)24-20-16-12-8-6-10-14-18-22-28(32)4-2/h1-2,17-18,21-22,25-34H,5-16H2/b21-17+,22-18+,26-25-/t27-,28-,29-,30-/m1/s1. The molecule has 0 heterocycles.